The zero-order valence-electron chi connectivity index (χ0n) is 15.1. The molecule has 0 aromatic heterocycles. The number of rotatable bonds is 6. The van der Waals surface area contributed by atoms with Crippen LogP contribution in [0.25, 0.3) is 0 Å². The van der Waals surface area contributed by atoms with E-state index < -0.39 is 27.9 Å². The molecule has 8 nitrogen and oxygen atoms in total. The molecular formula is C17H24N2O6S. The van der Waals surface area contributed by atoms with Crippen molar-refractivity contribution in [2.24, 2.45) is 5.92 Å². The highest BCUT2D eigenvalue weighted by Crippen LogP contribution is 2.36. The summed E-state index contributed by atoms with van der Waals surface area (Å²) in [7, 11) is -2.28. The average molecular weight is 384 g/mol. The maximum Gasteiger partial charge on any atom is 0.411 e. The molecule has 2 N–H and O–H groups in total. The number of ether oxygens (including phenoxy) is 2. The Bertz CT molecular complexity index is 777. The molecule has 144 valence electrons. The van der Waals surface area contributed by atoms with Gasteiger partial charge in [-0.1, -0.05) is 6.92 Å². The number of hydrogen-bond donors (Lipinski definition) is 2. The Hall–Kier alpha value is -2.13. The zero-order chi connectivity index (χ0) is 19.3. The molecule has 9 heteroatoms. The molecule has 0 saturated carbocycles. The minimum Gasteiger partial charge on any atom is -0.466 e. The van der Waals surface area contributed by atoms with Crippen LogP contribution >= 0.6 is 0 Å². The Morgan fingerprint density at radius 3 is 2.65 bits per heavy atom. The third kappa shape index (κ3) is 4.34. The highest BCUT2D eigenvalue weighted by molar-refractivity contribution is 7.91. The number of sulfone groups is 1. The lowest BCUT2D eigenvalue weighted by atomic mass is 9.94. The third-order valence-electron chi connectivity index (χ3n) is 4.30. The second-order valence-corrected chi connectivity index (χ2v) is 8.10. The van der Waals surface area contributed by atoms with E-state index in [1.807, 2.05) is 0 Å². The molecule has 1 amide bonds. The van der Waals surface area contributed by atoms with Gasteiger partial charge in [0.2, 0.25) is 0 Å². The lowest BCUT2D eigenvalue weighted by molar-refractivity contribution is -0.148. The second kappa shape index (κ2) is 8.50. The Balaban J connectivity index is 2.49. The molecule has 0 radical (unpaired) electrons. The van der Waals surface area contributed by atoms with Crippen LogP contribution in [-0.2, 0) is 24.1 Å². The molecule has 0 aliphatic carbocycles. The first-order valence-electron chi connectivity index (χ1n) is 8.45. The zero-order valence-corrected chi connectivity index (χ0v) is 15.9. The predicted molar refractivity (Wildman–Crippen MR) is 95.7 cm³/mol. The minimum absolute atomic E-state index is 0.0689. The van der Waals surface area contributed by atoms with Crippen molar-refractivity contribution in [2.45, 2.75) is 31.2 Å². The van der Waals surface area contributed by atoms with Gasteiger partial charge in [0.05, 0.1) is 30.3 Å². The molecule has 2 rings (SSSR count). The molecule has 0 spiro atoms. The van der Waals surface area contributed by atoms with Crippen LogP contribution < -0.4 is 10.6 Å². The fourth-order valence-corrected chi connectivity index (χ4v) is 4.14. The molecule has 1 saturated heterocycles. The first kappa shape index (κ1) is 20.2. The summed E-state index contributed by atoms with van der Waals surface area (Å²) in [5.74, 6) is -0.927. The largest absolute Gasteiger partial charge is 0.466 e. The summed E-state index contributed by atoms with van der Waals surface area (Å²) in [5, 5.41) is 5.71. The first-order chi connectivity index (χ1) is 12.3. The topological polar surface area (TPSA) is 111 Å². The average Bonchev–Trinajstić information content (AvgIpc) is 3.11. The predicted octanol–water partition coefficient (Wildman–Crippen LogP) is 1.87. The Labute approximate surface area is 153 Å². The van der Waals surface area contributed by atoms with E-state index in [1.165, 1.54) is 19.2 Å². The maximum atomic E-state index is 12.5. The van der Waals surface area contributed by atoms with E-state index in [0.717, 1.165) is 0 Å². The van der Waals surface area contributed by atoms with E-state index in [2.05, 4.69) is 15.4 Å². The number of amides is 1. The third-order valence-corrected chi connectivity index (χ3v) is 6.11. The fourth-order valence-electron chi connectivity index (χ4n) is 3.01. The highest BCUT2D eigenvalue weighted by atomic mass is 32.2. The Morgan fingerprint density at radius 2 is 2.04 bits per heavy atom. The molecule has 1 aromatic carbocycles. The smallest absolute Gasteiger partial charge is 0.411 e. The molecule has 1 aliphatic heterocycles. The van der Waals surface area contributed by atoms with Gasteiger partial charge in [-0.3, -0.25) is 10.1 Å². The second-order valence-electron chi connectivity index (χ2n) is 5.85. The highest BCUT2D eigenvalue weighted by Gasteiger charge is 2.37. The number of anilines is 1. The SMILES string of the molecule is CCOC(=O)[C@H]1CCN[C@@H]1c1cc(NC(=O)OC)ccc1S(=O)(=O)CC. The van der Waals surface area contributed by atoms with Gasteiger partial charge in [0.25, 0.3) is 0 Å². The van der Waals surface area contributed by atoms with Gasteiger partial charge in [-0.05, 0) is 43.7 Å². The monoisotopic (exact) mass is 384 g/mol. The molecule has 1 aromatic rings. The van der Waals surface area contributed by atoms with E-state index in [1.54, 1.807) is 19.9 Å². The summed E-state index contributed by atoms with van der Waals surface area (Å²) in [4.78, 5) is 23.9. The van der Waals surface area contributed by atoms with E-state index in [9.17, 15) is 18.0 Å². The number of esters is 1. The number of benzene rings is 1. The summed E-state index contributed by atoms with van der Waals surface area (Å²) in [5.41, 5.74) is 0.828. The molecule has 0 bridgehead atoms. The van der Waals surface area contributed by atoms with Gasteiger partial charge in [-0.25, -0.2) is 13.2 Å². The van der Waals surface area contributed by atoms with Crippen LogP contribution in [-0.4, -0.2) is 46.5 Å². The van der Waals surface area contributed by atoms with Crippen LogP contribution in [0, 0.1) is 5.92 Å². The summed E-state index contributed by atoms with van der Waals surface area (Å²) in [6.45, 7) is 4.11. The van der Waals surface area contributed by atoms with Crippen LogP contribution in [0.5, 0.6) is 0 Å². The summed E-state index contributed by atoms with van der Waals surface area (Å²) >= 11 is 0. The van der Waals surface area contributed by atoms with Crippen molar-refractivity contribution in [2.75, 3.05) is 31.3 Å². The van der Waals surface area contributed by atoms with Gasteiger partial charge in [-0.15, -0.1) is 0 Å². The van der Waals surface area contributed by atoms with Gasteiger partial charge in [-0.2, -0.15) is 0 Å². The number of nitrogens with one attached hydrogen (secondary N) is 2. The van der Waals surface area contributed by atoms with Gasteiger partial charge in [0, 0.05) is 11.7 Å². The summed E-state index contributed by atoms with van der Waals surface area (Å²) in [6, 6.07) is 4.00. The van der Waals surface area contributed by atoms with Crippen molar-refractivity contribution in [3.05, 3.63) is 23.8 Å². The van der Waals surface area contributed by atoms with Crippen LogP contribution in [0.2, 0.25) is 0 Å². The number of carbonyl (C=O) groups is 2. The van der Waals surface area contributed by atoms with Gasteiger partial charge >= 0.3 is 12.1 Å². The fraction of sp³-hybridized carbons (Fsp3) is 0.529. The minimum atomic E-state index is -3.51. The standard InChI is InChI=1S/C17H24N2O6S/c1-4-25-16(20)12-8-9-18-15(12)13-10-11(19-17(21)24-3)6-7-14(13)26(22,23)5-2/h6-7,10,12,15,18H,4-5,8-9H2,1-3H3,(H,19,21)/t12-,15-/m0/s1. The number of carbonyl (C=O) groups excluding carboxylic acids is 2. The van der Waals surface area contributed by atoms with Gasteiger partial charge in [0.15, 0.2) is 9.84 Å². The quantitative estimate of drug-likeness (QED) is 0.720. The lowest BCUT2D eigenvalue weighted by Crippen LogP contribution is -2.27. The van der Waals surface area contributed by atoms with E-state index in [-0.39, 0.29) is 23.2 Å². The van der Waals surface area contributed by atoms with Crippen LogP contribution in [0.3, 0.4) is 0 Å². The van der Waals surface area contributed by atoms with Gasteiger partial charge in [0.1, 0.15) is 0 Å². The molecule has 1 aliphatic rings. The molecule has 1 fully saturated rings. The maximum absolute atomic E-state index is 12.5. The van der Waals surface area contributed by atoms with Crippen molar-refractivity contribution in [1.82, 2.24) is 5.32 Å². The first-order valence-corrected chi connectivity index (χ1v) is 10.1. The summed E-state index contributed by atoms with van der Waals surface area (Å²) in [6.07, 6.45) is -0.118. The number of hydrogen-bond acceptors (Lipinski definition) is 7. The molecule has 1 heterocycles. The van der Waals surface area contributed by atoms with Crippen LogP contribution in [0.4, 0.5) is 10.5 Å². The summed E-state index contributed by atoms with van der Waals surface area (Å²) < 4.78 is 34.7. The normalized spacial score (nSPS) is 19.8. The van der Waals surface area contributed by atoms with E-state index >= 15 is 0 Å². The molecule has 2 atom stereocenters. The van der Waals surface area contributed by atoms with Crippen molar-refractivity contribution >= 4 is 27.6 Å². The van der Waals surface area contributed by atoms with Crippen LogP contribution in [0.1, 0.15) is 31.9 Å². The van der Waals surface area contributed by atoms with Crippen molar-refractivity contribution in [1.29, 1.82) is 0 Å². The van der Waals surface area contributed by atoms with Gasteiger partial charge < -0.3 is 14.8 Å². The van der Waals surface area contributed by atoms with E-state index in [4.69, 9.17) is 4.74 Å². The Morgan fingerprint density at radius 1 is 1.31 bits per heavy atom. The molecule has 0 unspecified atom stereocenters. The molecular weight excluding hydrogens is 360 g/mol. The van der Waals surface area contributed by atoms with Crippen molar-refractivity contribution in [3.8, 4) is 0 Å². The molecule has 26 heavy (non-hydrogen) atoms. The van der Waals surface area contributed by atoms with Crippen molar-refractivity contribution < 1.29 is 27.5 Å². The van der Waals surface area contributed by atoms with Crippen LogP contribution in [0.15, 0.2) is 23.1 Å². The Kier molecular flexibility index (Phi) is 6.60. The lowest BCUT2D eigenvalue weighted by Gasteiger charge is -2.22. The van der Waals surface area contributed by atoms with Crippen molar-refractivity contribution in [3.63, 3.8) is 0 Å². The van der Waals surface area contributed by atoms with E-state index in [0.29, 0.717) is 24.2 Å². The number of methoxy groups -OCH3 is 1.